The van der Waals surface area contributed by atoms with Crippen LogP contribution in [0.25, 0.3) is 0 Å². The van der Waals surface area contributed by atoms with Gasteiger partial charge in [-0.1, -0.05) is 0 Å². The third-order valence-electron chi connectivity index (χ3n) is 2.92. The molecule has 1 aliphatic rings. The molecule has 3 nitrogen and oxygen atoms in total. The lowest BCUT2D eigenvalue weighted by molar-refractivity contribution is 0.133. The number of nitrogens with one attached hydrogen (secondary N) is 1. The van der Waals surface area contributed by atoms with Gasteiger partial charge in [-0.15, -0.1) is 0 Å². The number of alkyl halides is 2. The maximum atomic E-state index is 12.8. The van der Waals surface area contributed by atoms with E-state index in [1.807, 2.05) is 0 Å². The molecule has 0 bridgehead atoms. The molecule has 3 N–H and O–H groups in total. The van der Waals surface area contributed by atoms with E-state index in [4.69, 9.17) is 10.5 Å². The van der Waals surface area contributed by atoms with Crippen LogP contribution in [0.1, 0.15) is 24.8 Å². The van der Waals surface area contributed by atoms with Gasteiger partial charge in [0.25, 0.3) is 6.43 Å². The molecule has 1 saturated carbocycles. The number of anilines is 2. The van der Waals surface area contributed by atoms with Crippen molar-refractivity contribution in [2.75, 3.05) is 30.8 Å². The molecule has 0 atom stereocenters. The maximum absolute atomic E-state index is 12.8. The Balaban J connectivity index is 1.79. The second-order valence-corrected chi connectivity index (χ2v) is 4.59. The molecular formula is C13H18F2N2O. The molecule has 0 saturated heterocycles. The van der Waals surface area contributed by atoms with Gasteiger partial charge in [-0.3, -0.25) is 0 Å². The molecule has 1 aromatic rings. The number of halogens is 2. The smallest absolute Gasteiger partial charge is 0.265 e. The number of hydrogen-bond donors (Lipinski definition) is 2. The van der Waals surface area contributed by atoms with Crippen LogP contribution in [0.4, 0.5) is 20.2 Å². The molecule has 0 radical (unpaired) electrons. The molecule has 1 aromatic carbocycles. The highest BCUT2D eigenvalue weighted by atomic mass is 19.3. The molecule has 1 fully saturated rings. The molecule has 2 rings (SSSR count). The van der Waals surface area contributed by atoms with E-state index in [0.29, 0.717) is 24.5 Å². The van der Waals surface area contributed by atoms with Crippen molar-refractivity contribution < 1.29 is 13.5 Å². The summed E-state index contributed by atoms with van der Waals surface area (Å²) in [7, 11) is 0. The summed E-state index contributed by atoms with van der Waals surface area (Å²) in [6.45, 7) is 1.84. The van der Waals surface area contributed by atoms with Gasteiger partial charge in [0.15, 0.2) is 0 Å². The van der Waals surface area contributed by atoms with Gasteiger partial charge in [-0.25, -0.2) is 8.78 Å². The first-order valence-electron chi connectivity index (χ1n) is 6.16. The first-order chi connectivity index (χ1) is 8.66. The average molecular weight is 256 g/mol. The minimum absolute atomic E-state index is 0.0582. The van der Waals surface area contributed by atoms with Gasteiger partial charge in [0, 0.05) is 30.1 Å². The fourth-order valence-corrected chi connectivity index (χ4v) is 1.72. The summed E-state index contributed by atoms with van der Waals surface area (Å²) < 4.78 is 31.0. The SMILES string of the molecule is Nc1ccc(NCCOCC2CC2)c(C(F)F)c1. The zero-order valence-corrected chi connectivity index (χ0v) is 10.2. The Labute approximate surface area is 105 Å². The monoisotopic (exact) mass is 256 g/mol. The molecule has 100 valence electrons. The Morgan fingerprint density at radius 3 is 2.83 bits per heavy atom. The summed E-state index contributed by atoms with van der Waals surface area (Å²) in [5.41, 5.74) is 6.21. The van der Waals surface area contributed by atoms with E-state index in [9.17, 15) is 8.78 Å². The van der Waals surface area contributed by atoms with Crippen molar-refractivity contribution in [2.24, 2.45) is 5.92 Å². The number of nitrogen functional groups attached to an aromatic ring is 1. The van der Waals surface area contributed by atoms with E-state index in [2.05, 4.69) is 5.32 Å². The van der Waals surface area contributed by atoms with Crippen molar-refractivity contribution in [3.63, 3.8) is 0 Å². The summed E-state index contributed by atoms with van der Waals surface area (Å²) in [5, 5.41) is 2.96. The predicted octanol–water partition coefficient (Wildman–Crippen LogP) is 3.04. The third-order valence-corrected chi connectivity index (χ3v) is 2.92. The number of nitrogens with two attached hydrogens (primary N) is 1. The molecule has 18 heavy (non-hydrogen) atoms. The quantitative estimate of drug-likeness (QED) is 0.582. The summed E-state index contributed by atoms with van der Waals surface area (Å²) in [6, 6.07) is 4.50. The average Bonchev–Trinajstić information content (AvgIpc) is 3.14. The number of ether oxygens (including phenoxy) is 1. The van der Waals surface area contributed by atoms with Crippen LogP contribution >= 0.6 is 0 Å². The van der Waals surface area contributed by atoms with Crippen LogP contribution in [0.2, 0.25) is 0 Å². The lowest BCUT2D eigenvalue weighted by Crippen LogP contribution is -2.12. The normalized spacial score (nSPS) is 15.1. The summed E-state index contributed by atoms with van der Waals surface area (Å²) in [6.07, 6.45) is -0.0228. The predicted molar refractivity (Wildman–Crippen MR) is 67.8 cm³/mol. The van der Waals surface area contributed by atoms with Crippen molar-refractivity contribution >= 4 is 11.4 Å². The van der Waals surface area contributed by atoms with Crippen molar-refractivity contribution in [3.05, 3.63) is 23.8 Å². The van der Waals surface area contributed by atoms with Crippen LogP contribution in [0.3, 0.4) is 0 Å². The molecule has 5 heteroatoms. The lowest BCUT2D eigenvalue weighted by atomic mass is 10.1. The van der Waals surface area contributed by atoms with Gasteiger partial charge in [-0.2, -0.15) is 0 Å². The van der Waals surface area contributed by atoms with Crippen molar-refractivity contribution in [3.8, 4) is 0 Å². The summed E-state index contributed by atoms with van der Waals surface area (Å²) in [5.74, 6) is 0.721. The van der Waals surface area contributed by atoms with E-state index in [-0.39, 0.29) is 5.56 Å². The van der Waals surface area contributed by atoms with Crippen LogP contribution in [-0.2, 0) is 4.74 Å². The lowest BCUT2D eigenvalue weighted by Gasteiger charge is -2.12. The molecular weight excluding hydrogens is 238 g/mol. The van der Waals surface area contributed by atoms with E-state index in [0.717, 1.165) is 12.5 Å². The van der Waals surface area contributed by atoms with Gasteiger partial charge in [0.05, 0.1) is 6.61 Å². The fraction of sp³-hybridized carbons (Fsp3) is 0.538. The number of benzene rings is 1. The summed E-state index contributed by atoms with van der Waals surface area (Å²) >= 11 is 0. The Morgan fingerprint density at radius 2 is 2.17 bits per heavy atom. The number of rotatable bonds is 7. The molecule has 0 amide bonds. The minimum atomic E-state index is -2.52. The molecule has 1 aliphatic carbocycles. The van der Waals surface area contributed by atoms with E-state index in [1.54, 1.807) is 12.1 Å². The van der Waals surface area contributed by atoms with Gasteiger partial charge < -0.3 is 15.8 Å². The van der Waals surface area contributed by atoms with Gasteiger partial charge in [0.2, 0.25) is 0 Å². The topological polar surface area (TPSA) is 47.3 Å². The first-order valence-corrected chi connectivity index (χ1v) is 6.16. The Hall–Kier alpha value is -1.36. The summed E-state index contributed by atoms with van der Waals surface area (Å²) in [4.78, 5) is 0. The molecule has 0 unspecified atom stereocenters. The molecule has 0 spiro atoms. The minimum Gasteiger partial charge on any atom is -0.399 e. The van der Waals surface area contributed by atoms with Crippen molar-refractivity contribution in [1.82, 2.24) is 0 Å². The Bertz CT molecular complexity index is 395. The van der Waals surface area contributed by atoms with Crippen LogP contribution < -0.4 is 11.1 Å². The van der Waals surface area contributed by atoms with Gasteiger partial charge >= 0.3 is 0 Å². The zero-order valence-electron chi connectivity index (χ0n) is 10.2. The molecule has 0 heterocycles. The van der Waals surface area contributed by atoms with Crippen LogP contribution in [0, 0.1) is 5.92 Å². The van der Waals surface area contributed by atoms with Gasteiger partial charge in [-0.05, 0) is 37.0 Å². The van der Waals surface area contributed by atoms with E-state index >= 15 is 0 Å². The standard InChI is InChI=1S/C13H18F2N2O/c14-13(15)11-7-10(16)3-4-12(11)17-5-6-18-8-9-1-2-9/h3-4,7,9,13,17H,1-2,5-6,8,16H2. The van der Waals surface area contributed by atoms with Crippen LogP contribution in [-0.4, -0.2) is 19.8 Å². The van der Waals surface area contributed by atoms with Crippen molar-refractivity contribution in [2.45, 2.75) is 19.3 Å². The molecule has 0 aromatic heterocycles. The highest BCUT2D eigenvalue weighted by Crippen LogP contribution is 2.29. The van der Waals surface area contributed by atoms with Crippen molar-refractivity contribution in [1.29, 1.82) is 0 Å². The third kappa shape index (κ3) is 3.84. The Kier molecular flexibility index (Phi) is 4.36. The second kappa shape index (κ2) is 6.00. The second-order valence-electron chi connectivity index (χ2n) is 4.59. The maximum Gasteiger partial charge on any atom is 0.265 e. The van der Waals surface area contributed by atoms with Crippen LogP contribution in [0.15, 0.2) is 18.2 Å². The Morgan fingerprint density at radius 1 is 1.39 bits per heavy atom. The highest BCUT2D eigenvalue weighted by Gasteiger charge is 2.20. The largest absolute Gasteiger partial charge is 0.399 e. The fourth-order valence-electron chi connectivity index (χ4n) is 1.72. The first kappa shape index (κ1) is 13.1. The van der Waals surface area contributed by atoms with E-state index in [1.165, 1.54) is 18.9 Å². The van der Waals surface area contributed by atoms with Gasteiger partial charge in [0.1, 0.15) is 0 Å². The number of hydrogen-bond acceptors (Lipinski definition) is 3. The molecule has 0 aliphatic heterocycles. The van der Waals surface area contributed by atoms with E-state index < -0.39 is 6.43 Å². The van der Waals surface area contributed by atoms with Crippen LogP contribution in [0.5, 0.6) is 0 Å². The zero-order chi connectivity index (χ0) is 13.0. The highest BCUT2D eigenvalue weighted by molar-refractivity contribution is 5.58.